The number of hydrogen-bond acceptors (Lipinski definition) is 5. The summed E-state index contributed by atoms with van der Waals surface area (Å²) in [6.45, 7) is 2.10. The minimum atomic E-state index is -0.589. The van der Waals surface area contributed by atoms with Crippen LogP contribution in [0.5, 0.6) is 0 Å². The van der Waals surface area contributed by atoms with E-state index in [1.807, 2.05) is 18.2 Å². The molecule has 2 N–H and O–H groups in total. The predicted octanol–water partition coefficient (Wildman–Crippen LogP) is 1.68. The number of carbonyl (C=O) groups excluding carboxylic acids is 1. The Hall–Kier alpha value is -1.51. The zero-order valence-corrected chi connectivity index (χ0v) is 11.1. The topological polar surface area (TPSA) is 76.1 Å². The average Bonchev–Trinajstić information content (AvgIpc) is 2.39. The molecule has 0 spiro atoms. The van der Waals surface area contributed by atoms with Crippen LogP contribution in [-0.2, 0) is 15.3 Å². The van der Waals surface area contributed by atoms with Crippen LogP contribution < -0.4 is 5.73 Å². The van der Waals surface area contributed by atoms with Gasteiger partial charge in [0.05, 0.1) is 18.2 Å². The highest BCUT2D eigenvalue weighted by Crippen LogP contribution is 2.14. The van der Waals surface area contributed by atoms with E-state index in [1.165, 1.54) is 0 Å². The molecule has 1 aromatic rings. The minimum Gasteiger partial charge on any atom is -0.465 e. The van der Waals surface area contributed by atoms with Crippen molar-refractivity contribution in [1.82, 2.24) is 0 Å². The van der Waals surface area contributed by atoms with Gasteiger partial charge in [-0.25, -0.2) is 0 Å². The number of nitriles is 1. The van der Waals surface area contributed by atoms with Gasteiger partial charge in [0.15, 0.2) is 0 Å². The summed E-state index contributed by atoms with van der Waals surface area (Å²) in [4.78, 5) is 11.3. The monoisotopic (exact) mass is 264 g/mol. The summed E-state index contributed by atoms with van der Waals surface area (Å²) in [6, 6.07) is 8.90. The quantitative estimate of drug-likeness (QED) is 0.791. The van der Waals surface area contributed by atoms with Crippen LogP contribution in [0.1, 0.15) is 18.1 Å². The van der Waals surface area contributed by atoms with Gasteiger partial charge >= 0.3 is 5.97 Å². The van der Waals surface area contributed by atoms with Crippen molar-refractivity contribution in [2.24, 2.45) is 5.73 Å². The van der Waals surface area contributed by atoms with E-state index in [4.69, 9.17) is 15.7 Å². The lowest BCUT2D eigenvalue weighted by Crippen LogP contribution is -2.34. The van der Waals surface area contributed by atoms with Gasteiger partial charge in [0.1, 0.15) is 6.04 Å². The molecule has 0 saturated carbocycles. The summed E-state index contributed by atoms with van der Waals surface area (Å²) in [6.07, 6.45) is 0. The van der Waals surface area contributed by atoms with Gasteiger partial charge in [0.25, 0.3) is 0 Å². The largest absolute Gasteiger partial charge is 0.465 e. The highest BCUT2D eigenvalue weighted by atomic mass is 32.2. The minimum absolute atomic E-state index is 0.349. The first-order chi connectivity index (χ1) is 8.67. The Morgan fingerprint density at radius 1 is 1.61 bits per heavy atom. The van der Waals surface area contributed by atoms with Crippen LogP contribution in [0, 0.1) is 11.3 Å². The van der Waals surface area contributed by atoms with Gasteiger partial charge in [0, 0.05) is 11.5 Å². The number of thioether (sulfide) groups is 1. The number of benzene rings is 1. The van der Waals surface area contributed by atoms with E-state index in [9.17, 15) is 4.79 Å². The number of nitrogens with zero attached hydrogens (tertiary/aromatic N) is 1. The standard InChI is InChI=1S/C13H16N2O2S/c1-2-17-13(16)12(15)9-18-8-11-5-3-4-10(6-11)7-14/h3-6,12H,2,8-9,15H2,1H3. The third-order valence-corrected chi connectivity index (χ3v) is 3.34. The lowest BCUT2D eigenvalue weighted by molar-refractivity contribution is -0.144. The highest BCUT2D eigenvalue weighted by Gasteiger charge is 2.13. The van der Waals surface area contributed by atoms with Crippen LogP contribution in [0.4, 0.5) is 0 Å². The summed E-state index contributed by atoms with van der Waals surface area (Å²) in [5.74, 6) is 0.869. The Labute approximate surface area is 111 Å². The normalized spacial score (nSPS) is 11.6. The van der Waals surface area contributed by atoms with Crippen LogP contribution in [0.2, 0.25) is 0 Å². The Balaban J connectivity index is 2.37. The molecule has 0 aliphatic heterocycles. The maximum absolute atomic E-state index is 11.3. The fraction of sp³-hybridized carbons (Fsp3) is 0.385. The zero-order chi connectivity index (χ0) is 13.4. The van der Waals surface area contributed by atoms with Crippen LogP contribution in [-0.4, -0.2) is 24.4 Å². The van der Waals surface area contributed by atoms with Crippen molar-refractivity contribution in [1.29, 1.82) is 5.26 Å². The van der Waals surface area contributed by atoms with E-state index in [0.29, 0.717) is 17.9 Å². The molecule has 1 atom stereocenters. The van der Waals surface area contributed by atoms with Gasteiger partial charge in [-0.05, 0) is 24.6 Å². The molecular formula is C13H16N2O2S. The molecule has 4 nitrogen and oxygen atoms in total. The molecular weight excluding hydrogens is 248 g/mol. The molecule has 0 radical (unpaired) electrons. The van der Waals surface area contributed by atoms with Crippen LogP contribution in [0.15, 0.2) is 24.3 Å². The number of esters is 1. The molecule has 0 saturated heterocycles. The van der Waals surface area contributed by atoms with Gasteiger partial charge < -0.3 is 10.5 Å². The van der Waals surface area contributed by atoms with E-state index in [2.05, 4.69) is 6.07 Å². The number of ether oxygens (including phenoxy) is 1. The van der Waals surface area contributed by atoms with E-state index in [0.717, 1.165) is 11.3 Å². The Morgan fingerprint density at radius 2 is 2.39 bits per heavy atom. The second kappa shape index (κ2) is 7.75. The molecule has 5 heteroatoms. The molecule has 0 bridgehead atoms. The van der Waals surface area contributed by atoms with E-state index in [-0.39, 0.29) is 5.97 Å². The Bertz CT molecular complexity index is 443. The van der Waals surface area contributed by atoms with Gasteiger partial charge in [-0.1, -0.05) is 12.1 Å². The van der Waals surface area contributed by atoms with Crippen molar-refractivity contribution < 1.29 is 9.53 Å². The molecule has 0 amide bonds. The van der Waals surface area contributed by atoms with Gasteiger partial charge in [-0.3, -0.25) is 4.79 Å². The molecule has 18 heavy (non-hydrogen) atoms. The van der Waals surface area contributed by atoms with Gasteiger partial charge in [-0.15, -0.1) is 0 Å². The molecule has 0 aliphatic carbocycles. The lowest BCUT2D eigenvalue weighted by atomic mass is 10.2. The number of rotatable bonds is 6. The number of hydrogen-bond donors (Lipinski definition) is 1. The first-order valence-corrected chi connectivity index (χ1v) is 6.81. The van der Waals surface area contributed by atoms with Crippen LogP contribution >= 0.6 is 11.8 Å². The first kappa shape index (κ1) is 14.6. The maximum Gasteiger partial charge on any atom is 0.323 e. The fourth-order valence-corrected chi connectivity index (χ4v) is 2.27. The maximum atomic E-state index is 11.3. The van der Waals surface area contributed by atoms with E-state index < -0.39 is 6.04 Å². The average molecular weight is 264 g/mol. The SMILES string of the molecule is CCOC(=O)C(N)CSCc1cccc(C#N)c1. The van der Waals surface area contributed by atoms with Crippen LogP contribution in [0.25, 0.3) is 0 Å². The summed E-state index contributed by atoms with van der Waals surface area (Å²) >= 11 is 1.55. The summed E-state index contributed by atoms with van der Waals surface area (Å²) in [7, 11) is 0. The zero-order valence-electron chi connectivity index (χ0n) is 10.3. The Morgan fingerprint density at radius 3 is 3.06 bits per heavy atom. The van der Waals surface area contributed by atoms with Crippen molar-refractivity contribution in [3.05, 3.63) is 35.4 Å². The second-order valence-corrected chi connectivity index (χ2v) is 4.72. The second-order valence-electron chi connectivity index (χ2n) is 3.69. The molecule has 1 unspecified atom stereocenters. The third-order valence-electron chi connectivity index (χ3n) is 2.21. The van der Waals surface area contributed by atoms with Crippen molar-refractivity contribution in [2.45, 2.75) is 18.7 Å². The fourth-order valence-electron chi connectivity index (χ4n) is 1.35. The van der Waals surface area contributed by atoms with Crippen molar-refractivity contribution >= 4 is 17.7 Å². The number of nitrogens with two attached hydrogens (primary N) is 1. The molecule has 0 fully saturated rings. The molecule has 0 aliphatic rings. The van der Waals surface area contributed by atoms with Gasteiger partial charge in [-0.2, -0.15) is 17.0 Å². The predicted molar refractivity (Wildman–Crippen MR) is 71.9 cm³/mol. The Kier molecular flexibility index (Phi) is 6.26. The summed E-state index contributed by atoms with van der Waals surface area (Å²) < 4.78 is 4.82. The smallest absolute Gasteiger partial charge is 0.323 e. The van der Waals surface area contributed by atoms with E-state index in [1.54, 1.807) is 24.8 Å². The first-order valence-electron chi connectivity index (χ1n) is 5.66. The summed E-state index contributed by atoms with van der Waals surface area (Å²) in [5.41, 5.74) is 7.37. The van der Waals surface area contributed by atoms with Crippen molar-refractivity contribution in [2.75, 3.05) is 12.4 Å². The molecule has 1 rings (SSSR count). The van der Waals surface area contributed by atoms with Gasteiger partial charge in [0.2, 0.25) is 0 Å². The van der Waals surface area contributed by atoms with Crippen molar-refractivity contribution in [3.8, 4) is 6.07 Å². The highest BCUT2D eigenvalue weighted by molar-refractivity contribution is 7.98. The molecule has 1 aromatic carbocycles. The number of carbonyl (C=O) groups is 1. The third kappa shape index (κ3) is 4.78. The van der Waals surface area contributed by atoms with E-state index >= 15 is 0 Å². The van der Waals surface area contributed by atoms with Crippen LogP contribution in [0.3, 0.4) is 0 Å². The lowest BCUT2D eigenvalue weighted by Gasteiger charge is -2.10. The molecule has 0 heterocycles. The molecule has 96 valence electrons. The van der Waals surface area contributed by atoms with Crippen molar-refractivity contribution in [3.63, 3.8) is 0 Å². The summed E-state index contributed by atoms with van der Waals surface area (Å²) in [5, 5.41) is 8.77. The molecule has 0 aromatic heterocycles.